The molecule has 0 bridgehead atoms. The van der Waals surface area contributed by atoms with Gasteiger partial charge in [-0.05, 0) is 29.3 Å². The molecule has 0 unspecified atom stereocenters. The van der Waals surface area contributed by atoms with Gasteiger partial charge < -0.3 is 18.6 Å². The van der Waals surface area contributed by atoms with E-state index in [4.69, 9.17) is 18.6 Å². The van der Waals surface area contributed by atoms with Crippen LogP contribution in [0.3, 0.4) is 0 Å². The van der Waals surface area contributed by atoms with Crippen LogP contribution in [0.15, 0.2) is 75.9 Å². The second kappa shape index (κ2) is 7.72. The first-order valence-corrected chi connectivity index (χ1v) is 9.07. The standard InChI is InChI=1S/C24H20O5/c1-26-18-9-7-15(8-10-18)16-5-4-6-17(11-16)21-14-20(25)24-22(28-3)12-19(27-2)13-23(24)29-21/h4-14H,1-3H3. The minimum atomic E-state index is -0.171. The van der Waals surface area contributed by atoms with Gasteiger partial charge in [0.15, 0.2) is 5.43 Å². The molecular weight excluding hydrogens is 368 g/mol. The quantitative estimate of drug-likeness (QED) is 0.473. The van der Waals surface area contributed by atoms with E-state index in [2.05, 4.69) is 0 Å². The molecule has 0 aliphatic carbocycles. The molecule has 0 aliphatic heterocycles. The Hall–Kier alpha value is -3.73. The third-order valence-corrected chi connectivity index (χ3v) is 4.79. The summed E-state index contributed by atoms with van der Waals surface area (Å²) in [6, 6.07) is 20.5. The van der Waals surface area contributed by atoms with E-state index in [0.29, 0.717) is 28.2 Å². The molecule has 0 radical (unpaired) electrons. The lowest BCUT2D eigenvalue weighted by atomic mass is 10.0. The van der Waals surface area contributed by atoms with Crippen molar-refractivity contribution in [3.63, 3.8) is 0 Å². The van der Waals surface area contributed by atoms with Crippen molar-refractivity contribution < 1.29 is 18.6 Å². The van der Waals surface area contributed by atoms with E-state index in [-0.39, 0.29) is 5.43 Å². The molecule has 4 rings (SSSR count). The zero-order valence-corrected chi connectivity index (χ0v) is 16.4. The Kier molecular flexibility index (Phi) is 4.96. The molecule has 4 aromatic rings. The van der Waals surface area contributed by atoms with Gasteiger partial charge in [-0.2, -0.15) is 0 Å². The van der Waals surface area contributed by atoms with Crippen LogP contribution in [0.1, 0.15) is 0 Å². The van der Waals surface area contributed by atoms with E-state index in [1.807, 2.05) is 48.5 Å². The van der Waals surface area contributed by atoms with Crippen LogP contribution in [0.2, 0.25) is 0 Å². The summed E-state index contributed by atoms with van der Waals surface area (Å²) >= 11 is 0. The summed E-state index contributed by atoms with van der Waals surface area (Å²) in [5.41, 5.74) is 3.10. The maximum Gasteiger partial charge on any atom is 0.197 e. The molecule has 3 aromatic carbocycles. The molecular formula is C24H20O5. The molecule has 0 saturated heterocycles. The highest BCUT2D eigenvalue weighted by molar-refractivity contribution is 5.86. The molecule has 1 aromatic heterocycles. The smallest absolute Gasteiger partial charge is 0.197 e. The molecule has 0 spiro atoms. The molecule has 5 heteroatoms. The number of methoxy groups -OCH3 is 3. The van der Waals surface area contributed by atoms with Crippen molar-refractivity contribution in [1.82, 2.24) is 0 Å². The fourth-order valence-electron chi connectivity index (χ4n) is 3.28. The zero-order chi connectivity index (χ0) is 20.4. The van der Waals surface area contributed by atoms with E-state index in [1.54, 1.807) is 26.4 Å². The lowest BCUT2D eigenvalue weighted by Gasteiger charge is -2.10. The second-order valence-corrected chi connectivity index (χ2v) is 6.49. The summed E-state index contributed by atoms with van der Waals surface area (Å²) in [7, 11) is 4.71. The van der Waals surface area contributed by atoms with Gasteiger partial charge in [0.1, 0.15) is 34.0 Å². The van der Waals surface area contributed by atoms with Crippen LogP contribution < -0.4 is 19.6 Å². The first-order chi connectivity index (χ1) is 14.1. The normalized spacial score (nSPS) is 10.7. The monoisotopic (exact) mass is 388 g/mol. The predicted molar refractivity (Wildman–Crippen MR) is 113 cm³/mol. The highest BCUT2D eigenvalue weighted by atomic mass is 16.5. The average molecular weight is 388 g/mol. The highest BCUT2D eigenvalue weighted by Crippen LogP contribution is 2.33. The third-order valence-electron chi connectivity index (χ3n) is 4.79. The van der Waals surface area contributed by atoms with Gasteiger partial charge in [-0.25, -0.2) is 0 Å². The molecule has 146 valence electrons. The van der Waals surface area contributed by atoms with Gasteiger partial charge in [-0.15, -0.1) is 0 Å². The van der Waals surface area contributed by atoms with E-state index >= 15 is 0 Å². The second-order valence-electron chi connectivity index (χ2n) is 6.49. The van der Waals surface area contributed by atoms with E-state index in [0.717, 1.165) is 22.4 Å². The Morgan fingerprint density at radius 2 is 1.41 bits per heavy atom. The Balaban J connectivity index is 1.83. The van der Waals surface area contributed by atoms with Gasteiger partial charge in [0.2, 0.25) is 0 Å². The van der Waals surface area contributed by atoms with Gasteiger partial charge in [-0.1, -0.05) is 30.3 Å². The van der Waals surface area contributed by atoms with Crippen molar-refractivity contribution in [3.05, 3.63) is 77.0 Å². The Bertz CT molecular complexity index is 1220. The summed E-state index contributed by atoms with van der Waals surface area (Å²) in [4.78, 5) is 12.8. The fourth-order valence-corrected chi connectivity index (χ4v) is 3.28. The SMILES string of the molecule is COc1ccc(-c2cccc(-c3cc(=O)c4c(OC)cc(OC)cc4o3)c2)cc1. The number of hydrogen-bond acceptors (Lipinski definition) is 5. The molecule has 5 nitrogen and oxygen atoms in total. The van der Waals surface area contributed by atoms with Crippen molar-refractivity contribution in [1.29, 1.82) is 0 Å². The largest absolute Gasteiger partial charge is 0.497 e. The summed E-state index contributed by atoms with van der Waals surface area (Å²) < 4.78 is 21.9. The minimum absolute atomic E-state index is 0.171. The van der Waals surface area contributed by atoms with Crippen LogP contribution in [0.4, 0.5) is 0 Å². The number of ether oxygens (including phenoxy) is 3. The molecule has 1 heterocycles. The van der Waals surface area contributed by atoms with Crippen molar-refractivity contribution in [3.8, 4) is 39.7 Å². The molecule has 0 N–H and O–H groups in total. The molecule has 0 aliphatic rings. The zero-order valence-electron chi connectivity index (χ0n) is 16.4. The average Bonchev–Trinajstić information content (AvgIpc) is 2.78. The number of rotatable bonds is 5. The Morgan fingerprint density at radius 1 is 0.690 bits per heavy atom. The molecule has 0 amide bonds. The molecule has 29 heavy (non-hydrogen) atoms. The van der Waals surface area contributed by atoms with Crippen molar-refractivity contribution >= 4 is 11.0 Å². The minimum Gasteiger partial charge on any atom is -0.497 e. The third kappa shape index (κ3) is 3.55. The van der Waals surface area contributed by atoms with Gasteiger partial charge in [0.25, 0.3) is 0 Å². The highest BCUT2D eigenvalue weighted by Gasteiger charge is 2.14. The van der Waals surface area contributed by atoms with Crippen LogP contribution in [-0.2, 0) is 0 Å². The van der Waals surface area contributed by atoms with Crippen molar-refractivity contribution in [2.24, 2.45) is 0 Å². The molecule has 0 atom stereocenters. The maximum atomic E-state index is 12.8. The van der Waals surface area contributed by atoms with Crippen LogP contribution in [0.5, 0.6) is 17.2 Å². The van der Waals surface area contributed by atoms with Gasteiger partial charge >= 0.3 is 0 Å². The van der Waals surface area contributed by atoms with Crippen LogP contribution in [0, 0.1) is 0 Å². The number of benzene rings is 3. The fraction of sp³-hybridized carbons (Fsp3) is 0.125. The summed E-state index contributed by atoms with van der Waals surface area (Å²) in [5, 5.41) is 0.392. The lowest BCUT2D eigenvalue weighted by Crippen LogP contribution is -2.03. The van der Waals surface area contributed by atoms with Gasteiger partial charge in [-0.3, -0.25) is 4.79 Å². The Morgan fingerprint density at radius 3 is 2.10 bits per heavy atom. The Labute approximate surface area is 168 Å². The molecule has 0 fully saturated rings. The number of hydrogen-bond donors (Lipinski definition) is 0. The van der Waals surface area contributed by atoms with Crippen molar-refractivity contribution in [2.45, 2.75) is 0 Å². The predicted octanol–water partition coefficient (Wildman–Crippen LogP) is 5.15. The van der Waals surface area contributed by atoms with Crippen LogP contribution >= 0.6 is 0 Å². The van der Waals surface area contributed by atoms with E-state index in [9.17, 15) is 4.79 Å². The van der Waals surface area contributed by atoms with Crippen LogP contribution in [-0.4, -0.2) is 21.3 Å². The van der Waals surface area contributed by atoms with Crippen molar-refractivity contribution in [2.75, 3.05) is 21.3 Å². The molecule has 0 saturated carbocycles. The van der Waals surface area contributed by atoms with E-state index in [1.165, 1.54) is 13.2 Å². The van der Waals surface area contributed by atoms with Gasteiger partial charge in [0, 0.05) is 23.8 Å². The lowest BCUT2D eigenvalue weighted by molar-refractivity contribution is 0.396. The summed E-state index contributed by atoms with van der Waals surface area (Å²) in [6.07, 6.45) is 0. The van der Waals surface area contributed by atoms with Crippen LogP contribution in [0.25, 0.3) is 33.4 Å². The van der Waals surface area contributed by atoms with Gasteiger partial charge in [0.05, 0.1) is 21.3 Å². The summed E-state index contributed by atoms with van der Waals surface area (Å²) in [6.45, 7) is 0. The first-order valence-electron chi connectivity index (χ1n) is 9.07. The first kappa shape index (κ1) is 18.6. The topological polar surface area (TPSA) is 57.9 Å². The summed E-state index contributed by atoms with van der Waals surface area (Å²) in [5.74, 6) is 2.26. The van der Waals surface area contributed by atoms with E-state index < -0.39 is 0 Å². The maximum absolute atomic E-state index is 12.8. The number of fused-ring (bicyclic) bond motifs is 1.